The number of hydrogen-bond acceptors (Lipinski definition) is 2. The van der Waals surface area contributed by atoms with E-state index in [0.29, 0.717) is 12.0 Å². The van der Waals surface area contributed by atoms with Crippen molar-refractivity contribution >= 4 is 5.97 Å². The maximum absolute atomic E-state index is 11.3. The molecule has 1 aliphatic heterocycles. The Bertz CT molecular complexity index is 263. The zero-order valence-corrected chi connectivity index (χ0v) is 10.4. The monoisotopic (exact) mass is 225 g/mol. The van der Waals surface area contributed by atoms with Gasteiger partial charge in [0.25, 0.3) is 0 Å². The van der Waals surface area contributed by atoms with Crippen molar-refractivity contribution in [3.05, 3.63) is 0 Å². The summed E-state index contributed by atoms with van der Waals surface area (Å²) in [5, 5.41) is 9.27. The first-order valence-electron chi connectivity index (χ1n) is 6.58. The lowest BCUT2D eigenvalue weighted by Gasteiger charge is -2.35. The molecule has 2 aliphatic rings. The zero-order valence-electron chi connectivity index (χ0n) is 10.4. The molecule has 3 atom stereocenters. The summed E-state index contributed by atoms with van der Waals surface area (Å²) >= 11 is 0. The summed E-state index contributed by atoms with van der Waals surface area (Å²) in [5.41, 5.74) is 0. The van der Waals surface area contributed by atoms with Gasteiger partial charge < -0.3 is 5.11 Å². The van der Waals surface area contributed by atoms with Crippen molar-refractivity contribution in [2.24, 2.45) is 11.8 Å². The smallest absolute Gasteiger partial charge is 0.321 e. The number of nitrogens with zero attached hydrogens (tertiary/aromatic N) is 1. The molecule has 0 amide bonds. The van der Waals surface area contributed by atoms with Crippen molar-refractivity contribution in [1.29, 1.82) is 0 Å². The molecular formula is C13H23NO2. The van der Waals surface area contributed by atoms with Crippen LogP contribution in [0, 0.1) is 11.8 Å². The molecule has 0 aromatic heterocycles. The molecule has 0 aromatic rings. The maximum atomic E-state index is 11.3. The highest BCUT2D eigenvalue weighted by molar-refractivity contribution is 5.74. The molecule has 1 heterocycles. The van der Waals surface area contributed by atoms with E-state index >= 15 is 0 Å². The Balaban J connectivity index is 1.93. The van der Waals surface area contributed by atoms with Gasteiger partial charge in [0.2, 0.25) is 0 Å². The lowest BCUT2D eigenvalue weighted by Crippen LogP contribution is -2.45. The van der Waals surface area contributed by atoms with E-state index < -0.39 is 5.97 Å². The van der Waals surface area contributed by atoms with Gasteiger partial charge >= 0.3 is 5.97 Å². The van der Waals surface area contributed by atoms with E-state index in [1.807, 2.05) is 0 Å². The Morgan fingerprint density at radius 1 is 1.44 bits per heavy atom. The highest BCUT2D eigenvalue weighted by Gasteiger charge is 2.39. The van der Waals surface area contributed by atoms with Gasteiger partial charge in [0, 0.05) is 6.04 Å². The van der Waals surface area contributed by atoms with E-state index in [-0.39, 0.29) is 6.04 Å². The van der Waals surface area contributed by atoms with E-state index in [0.717, 1.165) is 18.9 Å². The normalized spacial score (nSPS) is 33.6. The second kappa shape index (κ2) is 4.74. The lowest BCUT2D eigenvalue weighted by molar-refractivity contribution is -0.144. The Morgan fingerprint density at radius 3 is 2.62 bits per heavy atom. The van der Waals surface area contributed by atoms with Crippen molar-refractivity contribution in [3.63, 3.8) is 0 Å². The molecule has 92 valence electrons. The molecule has 16 heavy (non-hydrogen) atoms. The second-order valence-corrected chi connectivity index (χ2v) is 5.67. The number of rotatable bonds is 4. The van der Waals surface area contributed by atoms with E-state index in [9.17, 15) is 9.90 Å². The van der Waals surface area contributed by atoms with Crippen LogP contribution in [0.5, 0.6) is 0 Å². The minimum absolute atomic E-state index is 0.241. The standard InChI is InChI=1S/C13H23NO2/c1-9-6-7-14(12(9)13(15)16)10(2)8-11-4-3-5-11/h9-12H,3-8H2,1-2H3,(H,15,16). The van der Waals surface area contributed by atoms with E-state index in [1.54, 1.807) is 0 Å². The molecule has 0 bridgehead atoms. The van der Waals surface area contributed by atoms with Crippen LogP contribution in [-0.4, -0.2) is 34.6 Å². The molecule has 3 heteroatoms. The van der Waals surface area contributed by atoms with Crippen molar-refractivity contribution in [2.45, 2.75) is 58.0 Å². The summed E-state index contributed by atoms with van der Waals surface area (Å²) in [7, 11) is 0. The van der Waals surface area contributed by atoms with E-state index in [2.05, 4.69) is 18.7 Å². The minimum atomic E-state index is -0.634. The van der Waals surface area contributed by atoms with Gasteiger partial charge in [-0.25, -0.2) is 0 Å². The Kier molecular flexibility index (Phi) is 3.53. The molecule has 0 spiro atoms. The zero-order chi connectivity index (χ0) is 11.7. The minimum Gasteiger partial charge on any atom is -0.480 e. The van der Waals surface area contributed by atoms with Crippen LogP contribution >= 0.6 is 0 Å². The number of hydrogen-bond donors (Lipinski definition) is 1. The molecule has 0 aromatic carbocycles. The number of carbonyl (C=O) groups is 1. The van der Waals surface area contributed by atoms with Gasteiger partial charge in [0.1, 0.15) is 6.04 Å². The average Bonchev–Trinajstić information content (AvgIpc) is 2.53. The molecule has 0 radical (unpaired) electrons. The van der Waals surface area contributed by atoms with Crippen LogP contribution in [0.15, 0.2) is 0 Å². The summed E-state index contributed by atoms with van der Waals surface area (Å²) in [6, 6.07) is 0.200. The predicted molar refractivity (Wildman–Crippen MR) is 63.3 cm³/mol. The maximum Gasteiger partial charge on any atom is 0.321 e. The Labute approximate surface area is 97.8 Å². The summed E-state index contributed by atoms with van der Waals surface area (Å²) in [6.45, 7) is 5.23. The molecule has 2 rings (SSSR count). The lowest BCUT2D eigenvalue weighted by atomic mass is 9.81. The van der Waals surface area contributed by atoms with E-state index in [1.165, 1.54) is 25.7 Å². The van der Waals surface area contributed by atoms with Gasteiger partial charge in [-0.15, -0.1) is 0 Å². The Morgan fingerprint density at radius 2 is 2.12 bits per heavy atom. The van der Waals surface area contributed by atoms with Crippen LogP contribution in [0.4, 0.5) is 0 Å². The van der Waals surface area contributed by atoms with Gasteiger partial charge in [0.15, 0.2) is 0 Å². The van der Waals surface area contributed by atoms with Gasteiger partial charge in [-0.3, -0.25) is 9.69 Å². The number of carboxylic acids is 1. The van der Waals surface area contributed by atoms with Crippen molar-refractivity contribution in [2.75, 3.05) is 6.54 Å². The van der Waals surface area contributed by atoms with Crippen LogP contribution in [0.1, 0.15) is 46.0 Å². The fraction of sp³-hybridized carbons (Fsp3) is 0.923. The third kappa shape index (κ3) is 2.24. The SMILES string of the molecule is CC1CCN(C(C)CC2CCC2)C1C(=O)O. The molecule has 1 saturated carbocycles. The van der Waals surface area contributed by atoms with Crippen LogP contribution in [0.25, 0.3) is 0 Å². The molecule has 1 saturated heterocycles. The van der Waals surface area contributed by atoms with E-state index in [4.69, 9.17) is 0 Å². The second-order valence-electron chi connectivity index (χ2n) is 5.67. The average molecular weight is 225 g/mol. The molecule has 2 fully saturated rings. The number of likely N-dealkylation sites (tertiary alicyclic amines) is 1. The predicted octanol–water partition coefficient (Wildman–Crippen LogP) is 2.36. The molecular weight excluding hydrogens is 202 g/mol. The van der Waals surface area contributed by atoms with Gasteiger partial charge in [-0.1, -0.05) is 26.2 Å². The molecule has 1 N–H and O–H groups in total. The quantitative estimate of drug-likeness (QED) is 0.798. The first kappa shape index (κ1) is 11.9. The fourth-order valence-electron chi connectivity index (χ4n) is 3.20. The third-order valence-electron chi connectivity index (χ3n) is 4.46. The van der Waals surface area contributed by atoms with Gasteiger partial charge in [0.05, 0.1) is 0 Å². The molecule has 1 aliphatic carbocycles. The van der Waals surface area contributed by atoms with Crippen LogP contribution in [0.3, 0.4) is 0 Å². The topological polar surface area (TPSA) is 40.5 Å². The summed E-state index contributed by atoms with van der Waals surface area (Å²) in [5.74, 6) is 0.534. The third-order valence-corrected chi connectivity index (χ3v) is 4.46. The number of aliphatic carboxylic acids is 1. The first-order chi connectivity index (χ1) is 7.59. The van der Waals surface area contributed by atoms with Crippen LogP contribution < -0.4 is 0 Å². The highest BCUT2D eigenvalue weighted by Crippen LogP contribution is 2.34. The van der Waals surface area contributed by atoms with Crippen molar-refractivity contribution in [3.8, 4) is 0 Å². The molecule has 3 unspecified atom stereocenters. The highest BCUT2D eigenvalue weighted by atomic mass is 16.4. The van der Waals surface area contributed by atoms with Crippen molar-refractivity contribution < 1.29 is 9.90 Å². The number of carboxylic acid groups (broad SMARTS) is 1. The van der Waals surface area contributed by atoms with Gasteiger partial charge in [-0.2, -0.15) is 0 Å². The Hall–Kier alpha value is -0.570. The summed E-state index contributed by atoms with van der Waals surface area (Å²) < 4.78 is 0. The van der Waals surface area contributed by atoms with Crippen LogP contribution in [-0.2, 0) is 4.79 Å². The van der Waals surface area contributed by atoms with Crippen molar-refractivity contribution in [1.82, 2.24) is 4.90 Å². The first-order valence-corrected chi connectivity index (χ1v) is 6.58. The fourth-order valence-corrected chi connectivity index (χ4v) is 3.20. The van der Waals surface area contributed by atoms with Gasteiger partial charge in [-0.05, 0) is 38.1 Å². The van der Waals surface area contributed by atoms with Crippen LogP contribution in [0.2, 0.25) is 0 Å². The largest absolute Gasteiger partial charge is 0.480 e. The summed E-state index contributed by atoms with van der Waals surface area (Å²) in [6.07, 6.45) is 6.30. The summed E-state index contributed by atoms with van der Waals surface area (Å²) in [4.78, 5) is 13.5. The molecule has 3 nitrogen and oxygen atoms in total.